The molecule has 202 valence electrons. The van der Waals surface area contributed by atoms with E-state index < -0.39 is 40.6 Å². The van der Waals surface area contributed by atoms with E-state index in [0.29, 0.717) is 25.2 Å². The Morgan fingerprint density at radius 1 is 0.973 bits per heavy atom. The highest BCUT2D eigenvalue weighted by atomic mass is 32.2. The van der Waals surface area contributed by atoms with Crippen molar-refractivity contribution in [3.05, 3.63) is 47.8 Å². The standard InChI is InChI=1S/C24H26F6N4O2S/c1-31-22-11-17(3-5-21(22)34(37(31,35)36)14-18-12-23(18,26)27)19-10-16(2-4-20(19)25)13-32-6-8-33(9-7-32)15-24(28,29)30/h2-5,10-11,18H,6-9,12-15H2,1H3. The van der Waals surface area contributed by atoms with Gasteiger partial charge in [0.25, 0.3) is 5.92 Å². The molecule has 2 heterocycles. The SMILES string of the molecule is CN1c2cc(-c3cc(CN4CCN(CC(F)(F)F)CC4)ccc3F)ccc2N(CC2CC2(F)F)S1(=O)=O. The lowest BCUT2D eigenvalue weighted by molar-refractivity contribution is -0.149. The van der Waals surface area contributed by atoms with Crippen LogP contribution >= 0.6 is 0 Å². The molecule has 37 heavy (non-hydrogen) atoms. The third-order valence-electron chi connectivity index (χ3n) is 7.17. The first-order valence-electron chi connectivity index (χ1n) is 11.8. The molecule has 0 aromatic heterocycles. The van der Waals surface area contributed by atoms with E-state index >= 15 is 0 Å². The predicted molar refractivity (Wildman–Crippen MR) is 127 cm³/mol. The molecule has 1 aliphatic carbocycles. The summed E-state index contributed by atoms with van der Waals surface area (Å²) < 4.78 is 107. The van der Waals surface area contributed by atoms with Gasteiger partial charge in [-0.15, -0.1) is 0 Å². The summed E-state index contributed by atoms with van der Waals surface area (Å²) in [5, 5.41) is 0. The van der Waals surface area contributed by atoms with Gasteiger partial charge in [-0.2, -0.15) is 21.6 Å². The summed E-state index contributed by atoms with van der Waals surface area (Å²) in [7, 11) is -2.70. The molecule has 0 radical (unpaired) electrons. The highest BCUT2D eigenvalue weighted by Gasteiger charge is 2.59. The number of rotatable bonds is 6. The van der Waals surface area contributed by atoms with E-state index in [-0.39, 0.29) is 43.0 Å². The minimum absolute atomic E-state index is 0.244. The van der Waals surface area contributed by atoms with Crippen molar-refractivity contribution in [1.29, 1.82) is 0 Å². The lowest BCUT2D eigenvalue weighted by Crippen LogP contribution is -2.48. The van der Waals surface area contributed by atoms with Crippen LogP contribution in [0.25, 0.3) is 11.1 Å². The Hall–Kier alpha value is -2.51. The second-order valence-electron chi connectivity index (χ2n) is 9.85. The van der Waals surface area contributed by atoms with Crippen LogP contribution in [0.15, 0.2) is 36.4 Å². The number of hydrogen-bond acceptors (Lipinski definition) is 4. The molecule has 6 nitrogen and oxygen atoms in total. The maximum absolute atomic E-state index is 14.8. The lowest BCUT2D eigenvalue weighted by Gasteiger charge is -2.35. The van der Waals surface area contributed by atoms with Crippen molar-refractivity contribution in [3.63, 3.8) is 0 Å². The van der Waals surface area contributed by atoms with Crippen LogP contribution in [0, 0.1) is 11.7 Å². The van der Waals surface area contributed by atoms with Crippen LogP contribution in [0.1, 0.15) is 12.0 Å². The third kappa shape index (κ3) is 5.26. The molecule has 0 bridgehead atoms. The Balaban J connectivity index is 1.33. The second kappa shape index (κ2) is 9.05. The molecule has 13 heteroatoms. The molecule has 1 saturated heterocycles. The molecule has 1 unspecified atom stereocenters. The number of benzene rings is 2. The summed E-state index contributed by atoms with van der Waals surface area (Å²) in [4.78, 5) is 3.35. The first kappa shape index (κ1) is 26.1. The monoisotopic (exact) mass is 548 g/mol. The van der Waals surface area contributed by atoms with Gasteiger partial charge in [0.2, 0.25) is 0 Å². The van der Waals surface area contributed by atoms with Gasteiger partial charge in [-0.1, -0.05) is 12.1 Å². The van der Waals surface area contributed by atoms with Gasteiger partial charge in [-0.25, -0.2) is 13.2 Å². The van der Waals surface area contributed by atoms with Gasteiger partial charge in [0.15, 0.2) is 0 Å². The fourth-order valence-corrected chi connectivity index (χ4v) is 6.38. The highest BCUT2D eigenvalue weighted by molar-refractivity contribution is 7.94. The zero-order valence-corrected chi connectivity index (χ0v) is 20.8. The Bertz CT molecular complexity index is 1290. The van der Waals surface area contributed by atoms with E-state index in [2.05, 4.69) is 0 Å². The Morgan fingerprint density at radius 3 is 2.24 bits per heavy atom. The van der Waals surface area contributed by atoms with Crippen molar-refractivity contribution >= 4 is 21.6 Å². The van der Waals surface area contributed by atoms with Gasteiger partial charge in [0.05, 0.1) is 17.9 Å². The summed E-state index contributed by atoms with van der Waals surface area (Å²) in [5.74, 6) is -4.42. The fourth-order valence-electron chi connectivity index (χ4n) is 4.92. The van der Waals surface area contributed by atoms with Crippen molar-refractivity contribution in [2.24, 2.45) is 5.92 Å². The largest absolute Gasteiger partial charge is 0.401 e. The van der Waals surface area contributed by atoms with Crippen molar-refractivity contribution in [2.45, 2.75) is 25.1 Å². The Labute approximate surface area is 211 Å². The molecule has 3 aliphatic rings. The van der Waals surface area contributed by atoms with Gasteiger partial charge in [0, 0.05) is 64.2 Å². The number of nitrogens with zero attached hydrogens (tertiary/aromatic N) is 4. The zero-order valence-electron chi connectivity index (χ0n) is 20.0. The molecule has 2 aliphatic heterocycles. The molecule has 1 atom stereocenters. The maximum atomic E-state index is 14.8. The first-order valence-corrected chi connectivity index (χ1v) is 13.2. The molecular weight excluding hydrogens is 522 g/mol. The predicted octanol–water partition coefficient (Wildman–Crippen LogP) is 4.33. The molecule has 0 spiro atoms. The van der Waals surface area contributed by atoms with Crippen molar-refractivity contribution in [2.75, 3.05) is 54.9 Å². The number of fused-ring (bicyclic) bond motifs is 1. The summed E-state index contributed by atoms with van der Waals surface area (Å²) in [6, 6.07) is 9.14. The van der Waals surface area contributed by atoms with Crippen molar-refractivity contribution in [3.8, 4) is 11.1 Å². The quantitative estimate of drug-likeness (QED) is 0.505. The van der Waals surface area contributed by atoms with E-state index in [1.54, 1.807) is 18.2 Å². The number of piperazine rings is 1. The van der Waals surface area contributed by atoms with Gasteiger partial charge in [-0.3, -0.25) is 18.4 Å². The van der Waals surface area contributed by atoms with Crippen molar-refractivity contribution in [1.82, 2.24) is 9.80 Å². The third-order valence-corrected chi connectivity index (χ3v) is 8.96. The van der Waals surface area contributed by atoms with Gasteiger partial charge in [0.1, 0.15) is 5.82 Å². The van der Waals surface area contributed by atoms with Crippen LogP contribution in [0.2, 0.25) is 0 Å². The Morgan fingerprint density at radius 2 is 1.62 bits per heavy atom. The number of alkyl halides is 5. The molecule has 1 saturated carbocycles. The van der Waals surface area contributed by atoms with Crippen LogP contribution in [0.4, 0.5) is 37.7 Å². The van der Waals surface area contributed by atoms with Gasteiger partial charge in [-0.05, 0) is 35.4 Å². The topological polar surface area (TPSA) is 47.1 Å². The summed E-state index contributed by atoms with van der Waals surface area (Å²) in [6.45, 7) is 0.609. The summed E-state index contributed by atoms with van der Waals surface area (Å²) in [6.07, 6.45) is -4.59. The van der Waals surface area contributed by atoms with Crippen LogP contribution in [0.3, 0.4) is 0 Å². The molecular formula is C24H26F6N4O2S. The smallest absolute Gasteiger partial charge is 0.297 e. The lowest BCUT2D eigenvalue weighted by atomic mass is 10.0. The maximum Gasteiger partial charge on any atom is 0.401 e. The summed E-state index contributed by atoms with van der Waals surface area (Å²) >= 11 is 0. The number of halogens is 6. The average molecular weight is 549 g/mol. The summed E-state index contributed by atoms with van der Waals surface area (Å²) in [5.41, 5.74) is 1.97. The minimum Gasteiger partial charge on any atom is -0.297 e. The van der Waals surface area contributed by atoms with Crippen molar-refractivity contribution < 1.29 is 34.8 Å². The molecule has 2 aromatic carbocycles. The van der Waals surface area contributed by atoms with Crippen LogP contribution in [0.5, 0.6) is 0 Å². The minimum atomic E-state index is -4.24. The van der Waals surface area contributed by atoms with E-state index in [1.807, 2.05) is 4.90 Å². The Kier molecular flexibility index (Phi) is 6.39. The molecule has 0 amide bonds. The van der Waals surface area contributed by atoms with E-state index in [4.69, 9.17) is 0 Å². The first-order chi connectivity index (χ1) is 17.2. The second-order valence-corrected chi connectivity index (χ2v) is 11.7. The van der Waals surface area contributed by atoms with Gasteiger partial charge >= 0.3 is 16.4 Å². The van der Waals surface area contributed by atoms with Crippen LogP contribution in [-0.2, 0) is 16.8 Å². The zero-order chi connectivity index (χ0) is 26.8. The van der Waals surface area contributed by atoms with Gasteiger partial charge < -0.3 is 0 Å². The van der Waals surface area contributed by atoms with Crippen LogP contribution < -0.4 is 8.61 Å². The van der Waals surface area contributed by atoms with E-state index in [9.17, 15) is 34.8 Å². The highest BCUT2D eigenvalue weighted by Crippen LogP contribution is 2.51. The normalized spacial score (nSPS) is 23.4. The number of hydrogen-bond donors (Lipinski definition) is 0. The fraction of sp³-hybridized carbons (Fsp3) is 0.500. The molecule has 0 N–H and O–H groups in total. The molecule has 2 aromatic rings. The molecule has 2 fully saturated rings. The van der Waals surface area contributed by atoms with E-state index in [1.165, 1.54) is 30.1 Å². The average Bonchev–Trinajstić information content (AvgIpc) is 3.38. The molecule has 5 rings (SSSR count). The number of anilines is 2. The van der Waals surface area contributed by atoms with E-state index in [0.717, 1.165) is 14.2 Å². The van der Waals surface area contributed by atoms with Crippen LogP contribution in [-0.4, -0.2) is 76.6 Å².